The second-order valence-corrected chi connectivity index (χ2v) is 2.72. The molecule has 1 atom stereocenters. The number of allylic oxidation sites excluding steroid dienone is 3. The Morgan fingerprint density at radius 2 is 2.40 bits per heavy atom. The van der Waals surface area contributed by atoms with E-state index in [1.165, 1.54) is 0 Å². The monoisotopic (exact) mass is 136 g/mol. The van der Waals surface area contributed by atoms with Crippen molar-refractivity contribution in [3.05, 3.63) is 24.3 Å². The van der Waals surface area contributed by atoms with Crippen LogP contribution in [0, 0.1) is 5.92 Å². The largest absolute Gasteiger partial charge is 0.295 e. The molecule has 0 aromatic carbocycles. The lowest BCUT2D eigenvalue weighted by Gasteiger charge is -1.98. The maximum atomic E-state index is 11.1. The van der Waals surface area contributed by atoms with Crippen molar-refractivity contribution in [2.75, 3.05) is 0 Å². The molecule has 0 amide bonds. The Balaban J connectivity index is 2.81. The van der Waals surface area contributed by atoms with Gasteiger partial charge in [0.15, 0.2) is 5.78 Å². The Morgan fingerprint density at radius 3 is 2.80 bits per heavy atom. The molecule has 1 heteroatoms. The number of hydrogen-bond donors (Lipinski definition) is 0. The molecule has 1 aliphatic carbocycles. The molecule has 0 bridgehead atoms. The summed E-state index contributed by atoms with van der Waals surface area (Å²) in [5.74, 6) is 0.748. The van der Waals surface area contributed by atoms with Crippen molar-refractivity contribution in [3.63, 3.8) is 0 Å². The lowest BCUT2D eigenvalue weighted by molar-refractivity contribution is -0.114. The number of carbonyl (C=O) groups is 1. The van der Waals surface area contributed by atoms with Gasteiger partial charge in [0.25, 0.3) is 0 Å². The van der Waals surface area contributed by atoms with Crippen LogP contribution < -0.4 is 0 Å². The van der Waals surface area contributed by atoms with Crippen molar-refractivity contribution in [3.8, 4) is 0 Å². The average molecular weight is 136 g/mol. The fraction of sp³-hybridized carbons (Fsp3) is 0.444. The van der Waals surface area contributed by atoms with Gasteiger partial charge in [-0.05, 0) is 17.9 Å². The lowest BCUT2D eigenvalue weighted by Crippen LogP contribution is -1.95. The van der Waals surface area contributed by atoms with Crippen molar-refractivity contribution < 1.29 is 4.79 Å². The van der Waals surface area contributed by atoms with E-state index in [1.807, 2.05) is 6.08 Å². The summed E-state index contributed by atoms with van der Waals surface area (Å²) in [6.45, 7) is 5.65. The van der Waals surface area contributed by atoms with Gasteiger partial charge in [0.1, 0.15) is 0 Å². The van der Waals surface area contributed by atoms with Crippen LogP contribution in [0.2, 0.25) is 0 Å². The van der Waals surface area contributed by atoms with Gasteiger partial charge in [0.05, 0.1) is 0 Å². The maximum Gasteiger partial charge on any atom is 0.159 e. The van der Waals surface area contributed by atoms with Crippen LogP contribution >= 0.6 is 0 Å². The fourth-order valence-electron chi connectivity index (χ4n) is 1.31. The molecule has 1 unspecified atom stereocenters. The molecule has 0 N–H and O–H groups in total. The Kier molecular flexibility index (Phi) is 2.05. The smallest absolute Gasteiger partial charge is 0.159 e. The molecule has 0 radical (unpaired) electrons. The van der Waals surface area contributed by atoms with Gasteiger partial charge in [0, 0.05) is 6.42 Å². The quantitative estimate of drug-likeness (QED) is 0.504. The Hall–Kier alpha value is -0.850. The number of rotatable bonds is 1. The van der Waals surface area contributed by atoms with Crippen LogP contribution in [0.5, 0.6) is 0 Å². The van der Waals surface area contributed by atoms with E-state index in [0.717, 1.165) is 18.4 Å². The predicted octanol–water partition coefficient (Wildman–Crippen LogP) is 2.10. The minimum absolute atomic E-state index is 0.299. The third-order valence-electron chi connectivity index (χ3n) is 1.95. The normalized spacial score (nSPS) is 29.5. The van der Waals surface area contributed by atoms with E-state index in [4.69, 9.17) is 0 Å². The van der Waals surface area contributed by atoms with E-state index in [1.54, 1.807) is 6.08 Å². The molecule has 1 aliphatic rings. The zero-order valence-electron chi connectivity index (χ0n) is 6.26. The first kappa shape index (κ1) is 7.26. The van der Waals surface area contributed by atoms with Crippen LogP contribution in [-0.4, -0.2) is 5.78 Å². The van der Waals surface area contributed by atoms with Gasteiger partial charge >= 0.3 is 0 Å². The third kappa shape index (κ3) is 1.18. The Morgan fingerprint density at radius 1 is 1.70 bits per heavy atom. The molecule has 1 rings (SSSR count). The van der Waals surface area contributed by atoms with Crippen molar-refractivity contribution in [2.45, 2.75) is 19.8 Å². The third-order valence-corrected chi connectivity index (χ3v) is 1.95. The molecular weight excluding hydrogens is 124 g/mol. The highest BCUT2D eigenvalue weighted by Crippen LogP contribution is 2.26. The highest BCUT2D eigenvalue weighted by atomic mass is 16.1. The summed E-state index contributed by atoms with van der Waals surface area (Å²) in [6, 6.07) is 0. The molecule has 0 aromatic heterocycles. The van der Waals surface area contributed by atoms with Crippen molar-refractivity contribution in [1.29, 1.82) is 0 Å². The molecule has 0 aromatic rings. The number of ketones is 1. The van der Waals surface area contributed by atoms with Gasteiger partial charge in [-0.1, -0.05) is 25.7 Å². The van der Waals surface area contributed by atoms with Crippen LogP contribution in [0.25, 0.3) is 0 Å². The predicted molar refractivity (Wildman–Crippen MR) is 41.7 cm³/mol. The van der Waals surface area contributed by atoms with Crippen LogP contribution in [0.15, 0.2) is 24.3 Å². The molecule has 1 saturated carbocycles. The molecule has 0 aliphatic heterocycles. The first-order valence-corrected chi connectivity index (χ1v) is 3.61. The summed E-state index contributed by atoms with van der Waals surface area (Å²) < 4.78 is 0. The van der Waals surface area contributed by atoms with Crippen molar-refractivity contribution in [1.82, 2.24) is 0 Å². The van der Waals surface area contributed by atoms with Crippen LogP contribution in [0.4, 0.5) is 0 Å². The second kappa shape index (κ2) is 2.82. The van der Waals surface area contributed by atoms with Gasteiger partial charge in [-0.3, -0.25) is 4.79 Å². The summed E-state index contributed by atoms with van der Waals surface area (Å²) in [6.07, 6.45) is 5.26. The highest BCUT2D eigenvalue weighted by Gasteiger charge is 2.23. The lowest BCUT2D eigenvalue weighted by atomic mass is 10.1. The van der Waals surface area contributed by atoms with Gasteiger partial charge in [0.2, 0.25) is 0 Å². The van der Waals surface area contributed by atoms with Gasteiger partial charge in [-0.2, -0.15) is 0 Å². The number of Topliss-reactive ketones (excluding diaryl/α,β-unsaturated/α-hetero) is 1. The highest BCUT2D eigenvalue weighted by molar-refractivity contribution is 5.98. The molecule has 1 nitrogen and oxygen atoms in total. The average Bonchev–Trinajstić information content (AvgIpc) is 2.20. The maximum absolute atomic E-state index is 11.1. The standard InChI is InChI=1S/C9H12O/c1-3-4-8-7(2)5-6-9(8)10/h3-4,7H,1,5-6H2,2H3/b8-4-. The molecule has 1 fully saturated rings. The molecular formula is C9H12O. The minimum Gasteiger partial charge on any atom is -0.295 e. The van der Waals surface area contributed by atoms with Gasteiger partial charge in [-0.15, -0.1) is 0 Å². The van der Waals surface area contributed by atoms with Crippen LogP contribution in [0.1, 0.15) is 19.8 Å². The molecule has 54 valence electrons. The zero-order chi connectivity index (χ0) is 7.56. The van der Waals surface area contributed by atoms with E-state index < -0.39 is 0 Å². The number of carbonyl (C=O) groups excluding carboxylic acids is 1. The van der Waals surface area contributed by atoms with Gasteiger partial charge < -0.3 is 0 Å². The van der Waals surface area contributed by atoms with Gasteiger partial charge in [-0.25, -0.2) is 0 Å². The van der Waals surface area contributed by atoms with E-state index in [2.05, 4.69) is 13.5 Å². The van der Waals surface area contributed by atoms with Crippen LogP contribution in [0.3, 0.4) is 0 Å². The fourth-order valence-corrected chi connectivity index (χ4v) is 1.31. The summed E-state index contributed by atoms with van der Waals surface area (Å²) >= 11 is 0. The first-order chi connectivity index (χ1) is 4.75. The summed E-state index contributed by atoms with van der Waals surface area (Å²) in [4.78, 5) is 11.1. The molecule has 0 heterocycles. The molecule has 10 heavy (non-hydrogen) atoms. The Labute approximate surface area is 61.4 Å². The Bertz CT molecular complexity index is 189. The summed E-state index contributed by atoms with van der Waals surface area (Å²) in [5.41, 5.74) is 0.954. The molecule has 0 saturated heterocycles. The summed E-state index contributed by atoms with van der Waals surface area (Å²) in [7, 11) is 0. The topological polar surface area (TPSA) is 17.1 Å². The zero-order valence-corrected chi connectivity index (χ0v) is 6.26. The minimum atomic E-state index is 0.299. The SMILES string of the molecule is C=C/C=C1\C(=O)CCC1C. The van der Waals surface area contributed by atoms with Crippen molar-refractivity contribution >= 4 is 5.78 Å². The van der Waals surface area contributed by atoms with E-state index in [0.29, 0.717) is 11.7 Å². The van der Waals surface area contributed by atoms with Crippen LogP contribution in [-0.2, 0) is 4.79 Å². The summed E-state index contributed by atoms with van der Waals surface area (Å²) in [5, 5.41) is 0. The first-order valence-electron chi connectivity index (χ1n) is 3.61. The molecule has 0 spiro atoms. The number of hydrogen-bond acceptors (Lipinski definition) is 1. The van der Waals surface area contributed by atoms with E-state index in [9.17, 15) is 4.79 Å². The van der Waals surface area contributed by atoms with Crippen molar-refractivity contribution in [2.24, 2.45) is 5.92 Å². The van der Waals surface area contributed by atoms with E-state index >= 15 is 0 Å². The second-order valence-electron chi connectivity index (χ2n) is 2.72. The van der Waals surface area contributed by atoms with E-state index in [-0.39, 0.29) is 0 Å².